The van der Waals surface area contributed by atoms with Crippen LogP contribution in [0.4, 0.5) is 10.1 Å². The summed E-state index contributed by atoms with van der Waals surface area (Å²) in [5, 5.41) is 4.14. The molecule has 0 aromatic heterocycles. The number of anilines is 1. The van der Waals surface area contributed by atoms with Crippen molar-refractivity contribution in [2.24, 2.45) is 17.6 Å². The predicted molar refractivity (Wildman–Crippen MR) is 171 cm³/mol. The van der Waals surface area contributed by atoms with Crippen molar-refractivity contribution < 1.29 is 9.18 Å². The molecule has 1 heterocycles. The number of amides is 1. The van der Waals surface area contributed by atoms with E-state index >= 15 is 4.39 Å². The molecule has 3 N–H and O–H groups in total. The third-order valence-electron chi connectivity index (χ3n) is 9.32. The van der Waals surface area contributed by atoms with Gasteiger partial charge in [0, 0.05) is 34.9 Å². The van der Waals surface area contributed by atoms with E-state index in [0.717, 1.165) is 53.3 Å². The molecule has 0 radical (unpaired) electrons. The number of aryl methyl sites for hydroxylation is 2. The van der Waals surface area contributed by atoms with Gasteiger partial charge in [-0.3, -0.25) is 4.79 Å². The standard InChI is InChI=1S/C36H43ClFN3O/c1-23-13-19-29(22-31(23)37)40-25(3)30-11-7-21-41(36(42)34-24(2)8-6-12-32(34)38)35(30)28-17-15-27(16-18-28)33(39)20-14-26-9-4-5-10-26/h6,8,12-13,15-19,22,26,30,33,35,40H,3-5,7,9-11,14,20-21,39H2,1-2H3/t30?,33?,35-/m0/s1. The van der Waals surface area contributed by atoms with Crippen molar-refractivity contribution in [3.63, 3.8) is 0 Å². The van der Waals surface area contributed by atoms with E-state index in [2.05, 4.69) is 36.2 Å². The average Bonchev–Trinajstić information content (AvgIpc) is 3.51. The first-order valence-corrected chi connectivity index (χ1v) is 15.7. The first-order chi connectivity index (χ1) is 20.2. The van der Waals surface area contributed by atoms with Gasteiger partial charge in [0.05, 0.1) is 11.6 Å². The molecule has 5 rings (SSSR count). The zero-order valence-corrected chi connectivity index (χ0v) is 25.6. The van der Waals surface area contributed by atoms with Crippen molar-refractivity contribution in [3.05, 3.63) is 112 Å². The summed E-state index contributed by atoms with van der Waals surface area (Å²) >= 11 is 6.40. The van der Waals surface area contributed by atoms with Crippen molar-refractivity contribution in [1.29, 1.82) is 0 Å². The summed E-state index contributed by atoms with van der Waals surface area (Å²) in [6.45, 7) is 8.72. The molecule has 1 saturated carbocycles. The number of nitrogens with zero attached hydrogens (tertiary/aromatic N) is 1. The lowest BCUT2D eigenvalue weighted by atomic mass is 9.81. The van der Waals surface area contributed by atoms with Gasteiger partial charge in [0.2, 0.25) is 0 Å². The lowest BCUT2D eigenvalue weighted by Crippen LogP contribution is -2.44. The Morgan fingerprint density at radius 1 is 1.05 bits per heavy atom. The van der Waals surface area contributed by atoms with Crippen molar-refractivity contribution in [1.82, 2.24) is 4.90 Å². The fraction of sp³-hybridized carbons (Fsp3) is 0.417. The van der Waals surface area contributed by atoms with Gasteiger partial charge in [0.25, 0.3) is 5.91 Å². The number of nitrogens with one attached hydrogen (secondary N) is 1. The molecule has 2 aliphatic rings. The highest BCUT2D eigenvalue weighted by Gasteiger charge is 2.38. The molecule has 1 aliphatic heterocycles. The van der Waals surface area contributed by atoms with Crippen LogP contribution in [0.5, 0.6) is 0 Å². The lowest BCUT2D eigenvalue weighted by Gasteiger charge is -2.43. The van der Waals surface area contributed by atoms with E-state index in [1.165, 1.54) is 38.2 Å². The molecule has 3 atom stereocenters. The maximum absolute atomic E-state index is 15.0. The van der Waals surface area contributed by atoms with Gasteiger partial charge in [-0.25, -0.2) is 4.39 Å². The van der Waals surface area contributed by atoms with E-state index in [4.69, 9.17) is 17.3 Å². The summed E-state index contributed by atoms with van der Waals surface area (Å²) in [7, 11) is 0. The number of hydrogen-bond donors (Lipinski definition) is 2. The zero-order chi connectivity index (χ0) is 29.8. The van der Waals surface area contributed by atoms with Gasteiger partial charge >= 0.3 is 0 Å². The van der Waals surface area contributed by atoms with Crippen LogP contribution in [0.25, 0.3) is 0 Å². The Hall–Kier alpha value is -3.15. The molecule has 1 amide bonds. The number of likely N-dealkylation sites (tertiary alicyclic amines) is 1. The molecule has 222 valence electrons. The van der Waals surface area contributed by atoms with Gasteiger partial charge in [0.1, 0.15) is 5.82 Å². The molecular weight excluding hydrogens is 545 g/mol. The zero-order valence-electron chi connectivity index (χ0n) is 24.8. The molecule has 42 heavy (non-hydrogen) atoms. The number of halogens is 2. The number of carbonyl (C=O) groups is 1. The second-order valence-corrected chi connectivity index (χ2v) is 12.6. The van der Waals surface area contributed by atoms with Crippen LogP contribution in [0.15, 0.2) is 72.9 Å². The third kappa shape index (κ3) is 6.74. The van der Waals surface area contributed by atoms with Gasteiger partial charge in [-0.05, 0) is 85.9 Å². The lowest BCUT2D eigenvalue weighted by molar-refractivity contribution is 0.0529. The molecule has 2 fully saturated rings. The van der Waals surface area contributed by atoms with Crippen LogP contribution in [0.2, 0.25) is 5.02 Å². The number of carbonyl (C=O) groups excluding carboxylic acids is 1. The highest BCUT2D eigenvalue weighted by molar-refractivity contribution is 6.31. The van der Waals surface area contributed by atoms with Crippen molar-refractivity contribution in [2.45, 2.75) is 77.3 Å². The van der Waals surface area contributed by atoms with Crippen molar-refractivity contribution in [3.8, 4) is 0 Å². The minimum atomic E-state index is -0.490. The number of piperidine rings is 1. The third-order valence-corrected chi connectivity index (χ3v) is 9.73. The smallest absolute Gasteiger partial charge is 0.257 e. The summed E-state index contributed by atoms with van der Waals surface area (Å²) in [5.41, 5.74) is 12.2. The Morgan fingerprint density at radius 2 is 1.79 bits per heavy atom. The fourth-order valence-electron chi connectivity index (χ4n) is 6.82. The van der Waals surface area contributed by atoms with E-state index in [1.54, 1.807) is 19.1 Å². The van der Waals surface area contributed by atoms with E-state index in [0.29, 0.717) is 17.1 Å². The monoisotopic (exact) mass is 587 g/mol. The molecule has 0 spiro atoms. The topological polar surface area (TPSA) is 58.4 Å². The first-order valence-electron chi connectivity index (χ1n) is 15.4. The van der Waals surface area contributed by atoms with Crippen molar-refractivity contribution >= 4 is 23.2 Å². The van der Waals surface area contributed by atoms with Gasteiger partial charge in [0.15, 0.2) is 0 Å². The summed E-state index contributed by atoms with van der Waals surface area (Å²) < 4.78 is 15.0. The molecule has 1 aliphatic carbocycles. The van der Waals surface area contributed by atoms with E-state index in [-0.39, 0.29) is 29.5 Å². The highest BCUT2D eigenvalue weighted by Crippen LogP contribution is 2.42. The summed E-state index contributed by atoms with van der Waals surface area (Å²) in [6.07, 6.45) is 9.13. The minimum Gasteiger partial charge on any atom is -0.359 e. The van der Waals surface area contributed by atoms with Gasteiger partial charge in [-0.1, -0.05) is 86.3 Å². The summed E-state index contributed by atoms with van der Waals surface area (Å²) in [4.78, 5) is 15.9. The Morgan fingerprint density at radius 3 is 2.48 bits per heavy atom. The average molecular weight is 588 g/mol. The quantitative estimate of drug-likeness (QED) is 0.262. The fourth-order valence-corrected chi connectivity index (χ4v) is 7.00. The Kier molecular flexibility index (Phi) is 9.70. The number of rotatable bonds is 9. The summed E-state index contributed by atoms with van der Waals surface area (Å²) in [6, 6.07) is 18.7. The molecule has 4 nitrogen and oxygen atoms in total. The highest BCUT2D eigenvalue weighted by atomic mass is 35.5. The van der Waals surface area contributed by atoms with E-state index < -0.39 is 5.82 Å². The Balaban J connectivity index is 1.43. The van der Waals surface area contributed by atoms with Crippen LogP contribution in [0, 0.1) is 31.5 Å². The maximum atomic E-state index is 15.0. The number of hydrogen-bond acceptors (Lipinski definition) is 3. The van der Waals surface area contributed by atoms with Crippen molar-refractivity contribution in [2.75, 3.05) is 11.9 Å². The molecular formula is C36H43ClFN3O. The molecule has 3 aromatic rings. The van der Waals surface area contributed by atoms with Crippen LogP contribution in [0.1, 0.15) is 96.1 Å². The molecule has 6 heteroatoms. The second-order valence-electron chi connectivity index (χ2n) is 12.2. The second kappa shape index (κ2) is 13.4. The molecule has 1 saturated heterocycles. The minimum absolute atomic E-state index is 0.0106. The predicted octanol–water partition coefficient (Wildman–Crippen LogP) is 9.29. The van der Waals surface area contributed by atoms with Crippen LogP contribution < -0.4 is 11.1 Å². The van der Waals surface area contributed by atoms with Crippen LogP contribution >= 0.6 is 11.6 Å². The SMILES string of the molecule is C=C(Nc1ccc(C)c(Cl)c1)C1CCCN(C(=O)c2c(C)cccc2F)[C@H]1c1ccc(C(N)CCC2CCCC2)cc1. The number of benzene rings is 3. The van der Waals surface area contributed by atoms with Crippen LogP contribution in [0.3, 0.4) is 0 Å². The first kappa shape index (κ1) is 30.3. The van der Waals surface area contributed by atoms with Crippen LogP contribution in [-0.4, -0.2) is 17.4 Å². The molecule has 2 unspecified atom stereocenters. The summed E-state index contributed by atoms with van der Waals surface area (Å²) in [5.74, 6) is -0.0575. The van der Waals surface area contributed by atoms with Gasteiger partial charge < -0.3 is 16.0 Å². The normalized spacial score (nSPS) is 20.0. The van der Waals surface area contributed by atoms with E-state index in [9.17, 15) is 4.79 Å². The number of nitrogens with two attached hydrogens (primary N) is 1. The van der Waals surface area contributed by atoms with Gasteiger partial charge in [-0.15, -0.1) is 0 Å². The maximum Gasteiger partial charge on any atom is 0.257 e. The molecule has 3 aromatic carbocycles. The Bertz CT molecular complexity index is 1400. The van der Waals surface area contributed by atoms with Crippen LogP contribution in [-0.2, 0) is 0 Å². The molecule has 0 bridgehead atoms. The Labute approximate surface area is 255 Å². The van der Waals surface area contributed by atoms with E-state index in [1.807, 2.05) is 30.0 Å². The van der Waals surface area contributed by atoms with Gasteiger partial charge in [-0.2, -0.15) is 0 Å². The largest absolute Gasteiger partial charge is 0.359 e.